The van der Waals surface area contributed by atoms with Gasteiger partial charge in [0, 0.05) is 12.1 Å². The van der Waals surface area contributed by atoms with E-state index in [-0.39, 0.29) is 11.9 Å². The molecule has 18 heavy (non-hydrogen) atoms. The second kappa shape index (κ2) is 5.60. The molecule has 0 heterocycles. The zero-order valence-corrected chi connectivity index (χ0v) is 12.9. The lowest BCUT2D eigenvalue weighted by atomic mass is 9.63. The van der Waals surface area contributed by atoms with Gasteiger partial charge in [-0.15, -0.1) is 0 Å². The summed E-state index contributed by atoms with van der Waals surface area (Å²) in [6, 6.07) is 0.681. The molecule has 1 fully saturated rings. The average Bonchev–Trinajstić information content (AvgIpc) is 2.08. The summed E-state index contributed by atoms with van der Waals surface area (Å²) in [4.78, 5) is 11.6. The minimum Gasteiger partial charge on any atom is -0.353 e. The lowest BCUT2D eigenvalue weighted by Gasteiger charge is -2.45. The van der Waals surface area contributed by atoms with Gasteiger partial charge in [-0.25, -0.2) is 0 Å². The Hall–Kier alpha value is -0.570. The number of hydrogen-bond acceptors (Lipinski definition) is 2. The maximum atomic E-state index is 11.6. The van der Waals surface area contributed by atoms with Crippen LogP contribution >= 0.6 is 0 Å². The molecule has 0 atom stereocenters. The van der Waals surface area contributed by atoms with E-state index in [1.54, 1.807) is 0 Å². The predicted octanol–water partition coefficient (Wildman–Crippen LogP) is 2.71. The first kappa shape index (κ1) is 15.5. The van der Waals surface area contributed by atoms with Crippen molar-refractivity contribution >= 4 is 5.91 Å². The number of amides is 1. The van der Waals surface area contributed by atoms with Gasteiger partial charge in [0.05, 0.1) is 6.54 Å². The summed E-state index contributed by atoms with van der Waals surface area (Å²) < 4.78 is 0. The van der Waals surface area contributed by atoms with Gasteiger partial charge in [0.25, 0.3) is 0 Å². The van der Waals surface area contributed by atoms with Crippen molar-refractivity contribution in [2.75, 3.05) is 6.54 Å². The molecule has 3 nitrogen and oxygen atoms in total. The van der Waals surface area contributed by atoms with Crippen LogP contribution in [0.25, 0.3) is 0 Å². The van der Waals surface area contributed by atoms with Crippen LogP contribution in [-0.4, -0.2) is 24.5 Å². The first-order valence-electron chi connectivity index (χ1n) is 7.12. The minimum absolute atomic E-state index is 0.103. The second-order valence-electron chi connectivity index (χ2n) is 7.71. The molecule has 0 aromatic heterocycles. The molecule has 0 saturated heterocycles. The molecule has 0 aromatic rings. The fourth-order valence-electron chi connectivity index (χ4n) is 3.60. The van der Waals surface area contributed by atoms with Crippen LogP contribution < -0.4 is 10.6 Å². The van der Waals surface area contributed by atoms with Gasteiger partial charge < -0.3 is 10.6 Å². The summed E-state index contributed by atoms with van der Waals surface area (Å²) in [7, 11) is 0. The molecule has 0 aliphatic heterocycles. The first-order chi connectivity index (χ1) is 8.10. The highest BCUT2D eigenvalue weighted by Gasteiger charge is 2.38. The highest BCUT2D eigenvalue weighted by Crippen LogP contribution is 2.45. The van der Waals surface area contributed by atoms with Crippen molar-refractivity contribution < 1.29 is 4.79 Å². The van der Waals surface area contributed by atoms with Crippen molar-refractivity contribution in [2.45, 2.75) is 72.9 Å². The topological polar surface area (TPSA) is 41.1 Å². The number of rotatable bonds is 4. The average molecular weight is 254 g/mol. The quantitative estimate of drug-likeness (QED) is 0.810. The van der Waals surface area contributed by atoms with Crippen molar-refractivity contribution in [3.63, 3.8) is 0 Å². The van der Waals surface area contributed by atoms with E-state index < -0.39 is 0 Å². The Morgan fingerprint density at radius 2 is 1.67 bits per heavy atom. The SMILES string of the molecule is CC(C)NC(=O)CNC1CC(C)(C)CC(C)(C)C1. The van der Waals surface area contributed by atoms with Crippen molar-refractivity contribution in [1.29, 1.82) is 0 Å². The fraction of sp³-hybridized carbons (Fsp3) is 0.933. The van der Waals surface area contributed by atoms with Crippen molar-refractivity contribution in [1.82, 2.24) is 10.6 Å². The van der Waals surface area contributed by atoms with E-state index in [9.17, 15) is 4.79 Å². The fourth-order valence-corrected chi connectivity index (χ4v) is 3.60. The lowest BCUT2D eigenvalue weighted by Crippen LogP contribution is -2.47. The molecule has 1 rings (SSSR count). The van der Waals surface area contributed by atoms with Crippen molar-refractivity contribution in [2.24, 2.45) is 10.8 Å². The van der Waals surface area contributed by atoms with Gasteiger partial charge in [-0.2, -0.15) is 0 Å². The molecular weight excluding hydrogens is 224 g/mol. The van der Waals surface area contributed by atoms with Gasteiger partial charge in [0.1, 0.15) is 0 Å². The molecule has 0 spiro atoms. The highest BCUT2D eigenvalue weighted by atomic mass is 16.1. The van der Waals surface area contributed by atoms with Gasteiger partial charge >= 0.3 is 0 Å². The van der Waals surface area contributed by atoms with E-state index in [1.807, 2.05) is 13.8 Å². The molecule has 0 bridgehead atoms. The van der Waals surface area contributed by atoms with E-state index in [2.05, 4.69) is 38.3 Å². The van der Waals surface area contributed by atoms with Gasteiger partial charge in [0.15, 0.2) is 0 Å². The third-order valence-corrected chi connectivity index (χ3v) is 3.56. The van der Waals surface area contributed by atoms with Gasteiger partial charge in [-0.1, -0.05) is 27.7 Å². The number of hydrogen-bond donors (Lipinski definition) is 2. The van der Waals surface area contributed by atoms with Gasteiger partial charge in [-0.05, 0) is 43.9 Å². The molecule has 2 N–H and O–H groups in total. The monoisotopic (exact) mass is 254 g/mol. The van der Waals surface area contributed by atoms with Crippen molar-refractivity contribution in [3.8, 4) is 0 Å². The molecular formula is C15H30N2O. The summed E-state index contributed by atoms with van der Waals surface area (Å²) in [6.45, 7) is 13.7. The van der Waals surface area contributed by atoms with E-state index >= 15 is 0 Å². The van der Waals surface area contributed by atoms with E-state index in [1.165, 1.54) is 6.42 Å². The van der Waals surface area contributed by atoms with Crippen LogP contribution in [0.15, 0.2) is 0 Å². The lowest BCUT2D eigenvalue weighted by molar-refractivity contribution is -0.121. The Kier molecular flexibility index (Phi) is 4.82. The Morgan fingerprint density at radius 1 is 1.17 bits per heavy atom. The largest absolute Gasteiger partial charge is 0.353 e. The number of carbonyl (C=O) groups excluding carboxylic acids is 1. The van der Waals surface area contributed by atoms with Crippen LogP contribution in [0.4, 0.5) is 0 Å². The molecule has 0 aromatic carbocycles. The Bertz CT molecular complexity index is 279. The Morgan fingerprint density at radius 3 is 2.11 bits per heavy atom. The molecule has 1 aliphatic rings. The molecule has 106 valence electrons. The Labute approximate surface area is 112 Å². The third-order valence-electron chi connectivity index (χ3n) is 3.56. The molecule has 3 heteroatoms. The maximum absolute atomic E-state index is 11.6. The van der Waals surface area contributed by atoms with Gasteiger partial charge in [-0.3, -0.25) is 4.79 Å². The summed E-state index contributed by atoms with van der Waals surface area (Å²) in [5, 5.41) is 6.35. The van der Waals surface area contributed by atoms with E-state index in [4.69, 9.17) is 0 Å². The standard InChI is InChI=1S/C15H30N2O/c1-11(2)17-13(18)9-16-12-7-14(3,4)10-15(5,6)8-12/h11-12,16H,7-10H2,1-6H3,(H,17,18). The zero-order valence-electron chi connectivity index (χ0n) is 12.9. The summed E-state index contributed by atoms with van der Waals surface area (Å²) in [5.74, 6) is 0.103. The summed E-state index contributed by atoms with van der Waals surface area (Å²) >= 11 is 0. The van der Waals surface area contributed by atoms with Crippen molar-refractivity contribution in [3.05, 3.63) is 0 Å². The third kappa shape index (κ3) is 5.38. The van der Waals surface area contributed by atoms with Gasteiger partial charge in [0.2, 0.25) is 5.91 Å². The minimum atomic E-state index is 0.103. The highest BCUT2D eigenvalue weighted by molar-refractivity contribution is 5.78. The van der Waals surface area contributed by atoms with Crippen LogP contribution in [0, 0.1) is 10.8 Å². The molecule has 1 amide bonds. The summed E-state index contributed by atoms with van der Waals surface area (Å²) in [6.07, 6.45) is 3.58. The van der Waals surface area contributed by atoms with Crippen LogP contribution in [-0.2, 0) is 4.79 Å². The molecule has 1 saturated carbocycles. The predicted molar refractivity (Wildman–Crippen MR) is 76.5 cm³/mol. The van der Waals surface area contributed by atoms with Crippen LogP contribution in [0.5, 0.6) is 0 Å². The number of nitrogens with one attached hydrogen (secondary N) is 2. The Balaban J connectivity index is 2.45. The van der Waals surface area contributed by atoms with E-state index in [0.29, 0.717) is 23.4 Å². The normalized spacial score (nSPS) is 23.1. The first-order valence-corrected chi connectivity index (χ1v) is 7.12. The molecule has 0 unspecified atom stereocenters. The number of carbonyl (C=O) groups is 1. The zero-order chi connectivity index (χ0) is 14.0. The van der Waals surface area contributed by atoms with Crippen LogP contribution in [0.3, 0.4) is 0 Å². The smallest absolute Gasteiger partial charge is 0.234 e. The van der Waals surface area contributed by atoms with E-state index in [0.717, 1.165) is 12.8 Å². The molecule has 0 radical (unpaired) electrons. The summed E-state index contributed by atoms with van der Waals surface area (Å²) in [5.41, 5.74) is 0.738. The maximum Gasteiger partial charge on any atom is 0.234 e. The second-order valence-corrected chi connectivity index (χ2v) is 7.71. The molecule has 1 aliphatic carbocycles. The van der Waals surface area contributed by atoms with Crippen LogP contribution in [0.2, 0.25) is 0 Å². The van der Waals surface area contributed by atoms with Crippen LogP contribution in [0.1, 0.15) is 60.8 Å².